The molecular weight excluding hydrogens is 405 g/mol. The highest BCUT2D eigenvalue weighted by molar-refractivity contribution is 5.34. The number of nitrogens with zero attached hydrogens (tertiary/aromatic N) is 3. The van der Waals surface area contributed by atoms with Gasteiger partial charge in [-0.15, -0.1) is 0 Å². The highest BCUT2D eigenvalue weighted by Gasteiger charge is 2.53. The van der Waals surface area contributed by atoms with Crippen molar-refractivity contribution in [3.8, 4) is 5.75 Å². The van der Waals surface area contributed by atoms with Crippen molar-refractivity contribution in [2.45, 2.75) is 38.0 Å². The van der Waals surface area contributed by atoms with Crippen molar-refractivity contribution in [1.82, 2.24) is 14.5 Å². The van der Waals surface area contributed by atoms with Gasteiger partial charge in [-0.1, -0.05) is 36.8 Å². The number of rotatable bonds is 6. The van der Waals surface area contributed by atoms with Gasteiger partial charge in [0.05, 0.1) is 0 Å². The molecular formula is C26H30FN3O2. The Morgan fingerprint density at radius 3 is 2.62 bits per heavy atom. The van der Waals surface area contributed by atoms with Crippen LogP contribution in [-0.2, 0) is 25.8 Å². The summed E-state index contributed by atoms with van der Waals surface area (Å²) < 4.78 is 21.5. The zero-order chi connectivity index (χ0) is 22.1. The van der Waals surface area contributed by atoms with Crippen LogP contribution in [0.2, 0.25) is 0 Å². The topological polar surface area (TPSA) is 50.5 Å². The monoisotopic (exact) mass is 435 g/mol. The van der Waals surface area contributed by atoms with Gasteiger partial charge in [-0.05, 0) is 36.6 Å². The molecule has 2 fully saturated rings. The Kier molecular flexibility index (Phi) is 5.74. The number of aliphatic hydroxyl groups is 1. The first-order chi connectivity index (χ1) is 15.5. The minimum absolute atomic E-state index is 0.163. The van der Waals surface area contributed by atoms with Crippen LogP contribution in [0.5, 0.6) is 5.75 Å². The SMILES string of the molecule is Cn1ccnc1C1(O)[C@@H]2CCC[C@H]1CN(Cc1ccccc1OCc1cccc(F)c1)C2. The van der Waals surface area contributed by atoms with Gasteiger partial charge >= 0.3 is 0 Å². The Morgan fingerprint density at radius 1 is 1.12 bits per heavy atom. The molecule has 1 N–H and O–H groups in total. The third-order valence-corrected chi connectivity index (χ3v) is 7.14. The quantitative estimate of drug-likeness (QED) is 0.629. The van der Waals surface area contributed by atoms with Gasteiger partial charge in [0.15, 0.2) is 0 Å². The van der Waals surface area contributed by atoms with E-state index in [-0.39, 0.29) is 17.7 Å². The fraction of sp³-hybridized carbons (Fsp3) is 0.423. The van der Waals surface area contributed by atoms with E-state index in [0.717, 1.165) is 61.6 Å². The van der Waals surface area contributed by atoms with E-state index in [1.54, 1.807) is 12.3 Å². The lowest BCUT2D eigenvalue weighted by atomic mass is 9.65. The van der Waals surface area contributed by atoms with Crippen LogP contribution in [-0.4, -0.2) is 32.6 Å². The van der Waals surface area contributed by atoms with Crippen molar-refractivity contribution in [2.75, 3.05) is 13.1 Å². The first kappa shape index (κ1) is 21.2. The average molecular weight is 436 g/mol. The average Bonchev–Trinajstić information content (AvgIpc) is 3.20. The highest BCUT2D eigenvalue weighted by Crippen LogP contribution is 2.48. The number of benzene rings is 2. The number of para-hydroxylation sites is 1. The molecule has 168 valence electrons. The molecule has 1 unspecified atom stereocenters. The molecule has 2 aromatic carbocycles. The smallest absolute Gasteiger partial charge is 0.141 e. The molecule has 0 spiro atoms. The summed E-state index contributed by atoms with van der Waals surface area (Å²) in [7, 11) is 1.97. The minimum atomic E-state index is -0.861. The first-order valence-electron chi connectivity index (χ1n) is 11.4. The number of hydrogen-bond acceptors (Lipinski definition) is 4. The van der Waals surface area contributed by atoms with Gasteiger partial charge in [-0.2, -0.15) is 0 Å². The van der Waals surface area contributed by atoms with Gasteiger partial charge < -0.3 is 14.4 Å². The molecule has 1 saturated carbocycles. The van der Waals surface area contributed by atoms with Gasteiger partial charge in [0, 0.05) is 56.5 Å². The number of piperidine rings is 1. The van der Waals surface area contributed by atoms with Crippen LogP contribution < -0.4 is 4.74 Å². The van der Waals surface area contributed by atoms with Crippen molar-refractivity contribution in [2.24, 2.45) is 18.9 Å². The van der Waals surface area contributed by atoms with Crippen LogP contribution in [0.3, 0.4) is 0 Å². The van der Waals surface area contributed by atoms with Crippen molar-refractivity contribution in [3.63, 3.8) is 0 Å². The molecule has 6 heteroatoms. The van der Waals surface area contributed by atoms with E-state index in [2.05, 4.69) is 16.0 Å². The molecule has 0 radical (unpaired) electrons. The van der Waals surface area contributed by atoms with E-state index in [1.807, 2.05) is 42.1 Å². The molecule has 2 heterocycles. The summed E-state index contributed by atoms with van der Waals surface area (Å²) in [5.41, 5.74) is 1.07. The molecule has 32 heavy (non-hydrogen) atoms. The van der Waals surface area contributed by atoms with E-state index in [9.17, 15) is 9.50 Å². The van der Waals surface area contributed by atoms with Gasteiger partial charge in [0.25, 0.3) is 0 Å². The van der Waals surface area contributed by atoms with E-state index in [4.69, 9.17) is 4.74 Å². The Labute approximate surface area is 188 Å². The lowest BCUT2D eigenvalue weighted by Crippen LogP contribution is -2.58. The van der Waals surface area contributed by atoms with Gasteiger partial charge in [-0.25, -0.2) is 9.37 Å². The second kappa shape index (κ2) is 8.68. The summed E-state index contributed by atoms with van der Waals surface area (Å²) >= 11 is 0. The van der Waals surface area contributed by atoms with Crippen molar-refractivity contribution in [1.29, 1.82) is 0 Å². The highest BCUT2D eigenvalue weighted by atomic mass is 19.1. The minimum Gasteiger partial charge on any atom is -0.489 e. The summed E-state index contributed by atoms with van der Waals surface area (Å²) in [6.45, 7) is 2.76. The lowest BCUT2D eigenvalue weighted by molar-refractivity contribution is -0.155. The Morgan fingerprint density at radius 2 is 1.91 bits per heavy atom. The van der Waals surface area contributed by atoms with Crippen LogP contribution in [0.25, 0.3) is 0 Å². The van der Waals surface area contributed by atoms with Crippen LogP contribution in [0.4, 0.5) is 4.39 Å². The number of aromatic nitrogens is 2. The Hall–Kier alpha value is -2.70. The van der Waals surface area contributed by atoms with Crippen LogP contribution >= 0.6 is 0 Å². The molecule has 1 saturated heterocycles. The van der Waals surface area contributed by atoms with E-state index in [0.29, 0.717) is 6.61 Å². The fourth-order valence-corrected chi connectivity index (χ4v) is 5.59. The van der Waals surface area contributed by atoms with Gasteiger partial charge in [0.2, 0.25) is 0 Å². The molecule has 5 nitrogen and oxygen atoms in total. The zero-order valence-corrected chi connectivity index (χ0v) is 18.5. The van der Waals surface area contributed by atoms with Crippen molar-refractivity contribution >= 4 is 0 Å². The van der Waals surface area contributed by atoms with E-state index >= 15 is 0 Å². The predicted octanol–water partition coefficient (Wildman–Crippen LogP) is 4.26. The van der Waals surface area contributed by atoms with E-state index in [1.165, 1.54) is 12.1 Å². The van der Waals surface area contributed by atoms with Gasteiger partial charge in [-0.3, -0.25) is 4.90 Å². The number of fused-ring (bicyclic) bond motifs is 2. The number of likely N-dealkylation sites (tertiary alicyclic amines) is 1. The second-order valence-electron chi connectivity index (χ2n) is 9.23. The summed E-state index contributed by atoms with van der Waals surface area (Å²) in [5, 5.41) is 11.8. The maximum absolute atomic E-state index is 13.5. The maximum atomic E-state index is 13.5. The van der Waals surface area contributed by atoms with Crippen molar-refractivity contribution in [3.05, 3.63) is 83.7 Å². The molecule has 2 aliphatic rings. The van der Waals surface area contributed by atoms with Gasteiger partial charge in [0.1, 0.15) is 29.6 Å². The number of ether oxygens (including phenoxy) is 1. The summed E-state index contributed by atoms with van der Waals surface area (Å²) in [5.74, 6) is 1.70. The predicted molar refractivity (Wildman–Crippen MR) is 120 cm³/mol. The number of halogens is 1. The normalized spacial score (nSPS) is 25.6. The second-order valence-corrected chi connectivity index (χ2v) is 9.23. The number of aryl methyl sites for hydroxylation is 1. The van der Waals surface area contributed by atoms with Crippen LogP contribution in [0, 0.1) is 17.7 Å². The molecule has 3 aromatic rings. The molecule has 1 aliphatic heterocycles. The first-order valence-corrected chi connectivity index (χ1v) is 11.4. The maximum Gasteiger partial charge on any atom is 0.141 e. The number of hydrogen-bond donors (Lipinski definition) is 1. The molecule has 3 atom stereocenters. The summed E-state index contributed by atoms with van der Waals surface area (Å²) in [6.07, 6.45) is 6.87. The standard InChI is InChI=1S/C26H30FN3O2/c1-29-13-12-28-25(29)26(31)21-8-5-9-22(26)17-30(16-21)15-20-7-2-3-11-24(20)32-18-19-6-4-10-23(27)14-19/h2-4,6-7,10-14,21-22,31H,5,8-9,15-18H2,1H3/t21-,22+,26?. The summed E-state index contributed by atoms with van der Waals surface area (Å²) in [4.78, 5) is 6.96. The lowest BCUT2D eigenvalue weighted by Gasteiger charge is -2.52. The van der Waals surface area contributed by atoms with E-state index < -0.39 is 5.60 Å². The molecule has 5 rings (SSSR count). The molecule has 1 aromatic heterocycles. The molecule has 2 bridgehead atoms. The molecule has 0 amide bonds. The van der Waals surface area contributed by atoms with Crippen LogP contribution in [0.15, 0.2) is 60.9 Å². The fourth-order valence-electron chi connectivity index (χ4n) is 5.59. The zero-order valence-electron chi connectivity index (χ0n) is 18.5. The van der Waals surface area contributed by atoms with Crippen molar-refractivity contribution < 1.29 is 14.2 Å². The molecule has 1 aliphatic carbocycles. The Balaban J connectivity index is 1.31. The third kappa shape index (κ3) is 3.93. The third-order valence-electron chi connectivity index (χ3n) is 7.14. The largest absolute Gasteiger partial charge is 0.489 e. The Bertz CT molecular complexity index is 1070. The van der Waals surface area contributed by atoms with Crippen LogP contribution in [0.1, 0.15) is 36.2 Å². The number of imidazole rings is 1. The summed E-state index contributed by atoms with van der Waals surface area (Å²) in [6, 6.07) is 14.6.